The number of fused-ring (bicyclic) bond motifs is 2. The van der Waals surface area contributed by atoms with E-state index in [1.807, 2.05) is 6.21 Å². The van der Waals surface area contributed by atoms with Gasteiger partial charge in [0.2, 0.25) is 0 Å². The molecule has 0 aliphatic carbocycles. The highest BCUT2D eigenvalue weighted by molar-refractivity contribution is 7.21. The molecule has 4 heteroatoms. The van der Waals surface area contributed by atoms with E-state index in [1.54, 1.807) is 11.3 Å². The molecule has 6 rings (SSSR count). The smallest absolute Gasteiger partial charge is 0.128 e. The fourth-order valence-corrected chi connectivity index (χ4v) is 7.33. The number of aryl methyl sites for hydroxylation is 2. The molecule has 0 unspecified atom stereocenters. The summed E-state index contributed by atoms with van der Waals surface area (Å²) in [6.45, 7) is 24.2. The third-order valence-electron chi connectivity index (χ3n) is 9.32. The lowest BCUT2D eigenvalue weighted by molar-refractivity contribution is 0.444. The quantitative estimate of drug-likeness (QED) is 0.193. The lowest BCUT2D eigenvalue weighted by Crippen LogP contribution is -2.17. The van der Waals surface area contributed by atoms with Gasteiger partial charge in [0.25, 0.3) is 0 Å². The zero-order valence-corrected chi connectivity index (χ0v) is 31.1. The maximum absolute atomic E-state index is 11.6. The second-order valence-corrected chi connectivity index (χ2v) is 17.4. The average molecular weight is 653 g/mol. The van der Waals surface area contributed by atoms with Crippen molar-refractivity contribution in [1.29, 1.82) is 0 Å². The van der Waals surface area contributed by atoms with E-state index < -0.39 is 0 Å². The molecule has 6 aromatic rings. The third kappa shape index (κ3) is 6.43. The Morgan fingerprint density at radius 2 is 1.38 bits per heavy atom. The Morgan fingerprint density at radius 1 is 0.688 bits per heavy atom. The Kier molecular flexibility index (Phi) is 8.40. The molecule has 0 aliphatic rings. The third-order valence-corrected chi connectivity index (χ3v) is 10.4. The number of aliphatic imine (C=N–C) groups is 1. The van der Waals surface area contributed by atoms with E-state index in [2.05, 4.69) is 155 Å². The summed E-state index contributed by atoms with van der Waals surface area (Å²) in [5.41, 5.74) is 11.5. The van der Waals surface area contributed by atoms with Gasteiger partial charge < -0.3 is 5.11 Å². The van der Waals surface area contributed by atoms with Gasteiger partial charge in [-0.15, -0.1) is 11.3 Å². The number of phenols is 1. The minimum Gasteiger partial charge on any atom is -0.507 e. The Labute approximate surface area is 290 Å². The molecule has 1 aromatic heterocycles. The maximum Gasteiger partial charge on any atom is 0.128 e. The van der Waals surface area contributed by atoms with Crippen molar-refractivity contribution < 1.29 is 5.11 Å². The van der Waals surface area contributed by atoms with Gasteiger partial charge >= 0.3 is 0 Å². The van der Waals surface area contributed by atoms with E-state index in [9.17, 15) is 5.11 Å². The first kappa shape index (κ1) is 33.6. The second kappa shape index (κ2) is 12.0. The number of benzene rings is 5. The van der Waals surface area contributed by atoms with Crippen molar-refractivity contribution >= 4 is 44.2 Å². The van der Waals surface area contributed by atoms with Crippen LogP contribution in [0.3, 0.4) is 0 Å². The number of aromatic nitrogens is 1. The van der Waals surface area contributed by atoms with E-state index in [0.29, 0.717) is 0 Å². The number of hydrogen-bond acceptors (Lipinski definition) is 4. The van der Waals surface area contributed by atoms with E-state index in [-0.39, 0.29) is 22.0 Å². The van der Waals surface area contributed by atoms with Crippen LogP contribution in [0.1, 0.15) is 95.7 Å². The summed E-state index contributed by atoms with van der Waals surface area (Å²) in [5, 5.41) is 14.7. The highest BCUT2D eigenvalue weighted by atomic mass is 32.1. The molecule has 0 radical (unpaired) electrons. The lowest BCUT2D eigenvalue weighted by atomic mass is 9.79. The molecule has 0 saturated carbocycles. The van der Waals surface area contributed by atoms with Gasteiger partial charge in [0.1, 0.15) is 10.8 Å². The molecule has 1 N–H and O–H groups in total. The predicted molar refractivity (Wildman–Crippen MR) is 209 cm³/mol. The monoisotopic (exact) mass is 652 g/mol. The molecular formula is C44H48N2OS. The number of nitrogens with zero attached hydrogens (tertiary/aromatic N) is 2. The molecule has 0 spiro atoms. The first-order valence-corrected chi connectivity index (χ1v) is 17.7. The minimum absolute atomic E-state index is 0.0152. The molecule has 0 fully saturated rings. The van der Waals surface area contributed by atoms with Crippen molar-refractivity contribution in [2.45, 2.75) is 92.4 Å². The van der Waals surface area contributed by atoms with Gasteiger partial charge in [0, 0.05) is 33.9 Å². The van der Waals surface area contributed by atoms with Crippen LogP contribution in [0.5, 0.6) is 5.75 Å². The van der Waals surface area contributed by atoms with E-state index in [1.165, 1.54) is 38.1 Å². The van der Waals surface area contributed by atoms with Gasteiger partial charge in [-0.3, -0.25) is 4.99 Å². The number of aromatic hydroxyl groups is 1. The molecule has 0 amide bonds. The van der Waals surface area contributed by atoms with Gasteiger partial charge in [-0.1, -0.05) is 122 Å². The van der Waals surface area contributed by atoms with Gasteiger partial charge in [0.15, 0.2) is 0 Å². The normalized spacial score (nSPS) is 12.9. The van der Waals surface area contributed by atoms with Crippen LogP contribution in [0, 0.1) is 13.8 Å². The highest BCUT2D eigenvalue weighted by Crippen LogP contribution is 2.45. The van der Waals surface area contributed by atoms with Crippen LogP contribution in [0.2, 0.25) is 0 Å². The SMILES string of the molecule is Cc1ccc(C)c(-c2cc(C(C)(C)C)cc3sc(-c4ccc5ccccc5c4N=Cc4cc(C(C)(C)C)cc(C(C)(C)C)c4O)nc23)c1. The van der Waals surface area contributed by atoms with Crippen LogP contribution in [0.25, 0.3) is 42.7 Å². The van der Waals surface area contributed by atoms with Crippen LogP contribution in [0.15, 0.2) is 83.9 Å². The van der Waals surface area contributed by atoms with Crippen LogP contribution < -0.4 is 0 Å². The summed E-state index contributed by atoms with van der Waals surface area (Å²) in [6, 6.07) is 28.3. The van der Waals surface area contributed by atoms with Gasteiger partial charge in [-0.2, -0.15) is 0 Å². The summed E-state index contributed by atoms with van der Waals surface area (Å²) in [7, 11) is 0. The summed E-state index contributed by atoms with van der Waals surface area (Å²) < 4.78 is 1.17. The zero-order valence-electron chi connectivity index (χ0n) is 30.3. The van der Waals surface area contributed by atoms with Crippen LogP contribution >= 0.6 is 11.3 Å². The van der Waals surface area contributed by atoms with Crippen molar-refractivity contribution in [3.8, 4) is 27.4 Å². The highest BCUT2D eigenvalue weighted by Gasteiger charge is 2.25. The van der Waals surface area contributed by atoms with Crippen molar-refractivity contribution in [3.63, 3.8) is 0 Å². The first-order valence-electron chi connectivity index (χ1n) is 16.9. The van der Waals surface area contributed by atoms with Crippen molar-refractivity contribution in [2.24, 2.45) is 4.99 Å². The fourth-order valence-electron chi connectivity index (χ4n) is 6.27. The number of rotatable bonds is 4. The van der Waals surface area contributed by atoms with E-state index in [0.717, 1.165) is 43.7 Å². The second-order valence-electron chi connectivity index (χ2n) is 16.4. The molecule has 0 atom stereocenters. The Hall–Kier alpha value is -4.28. The largest absolute Gasteiger partial charge is 0.507 e. The maximum atomic E-state index is 11.6. The van der Waals surface area contributed by atoms with Crippen molar-refractivity contribution in [1.82, 2.24) is 4.98 Å². The van der Waals surface area contributed by atoms with Gasteiger partial charge in [-0.05, 0) is 82.0 Å². The molecule has 0 aliphatic heterocycles. The molecule has 1 heterocycles. The fraction of sp³-hybridized carbons (Fsp3) is 0.318. The molecule has 246 valence electrons. The molecule has 48 heavy (non-hydrogen) atoms. The van der Waals surface area contributed by atoms with Gasteiger partial charge in [0.05, 0.1) is 15.9 Å². The van der Waals surface area contributed by atoms with Crippen molar-refractivity contribution in [2.75, 3.05) is 0 Å². The summed E-state index contributed by atoms with van der Waals surface area (Å²) in [6.07, 6.45) is 1.84. The van der Waals surface area contributed by atoms with E-state index in [4.69, 9.17) is 9.98 Å². The van der Waals surface area contributed by atoms with Crippen LogP contribution in [-0.4, -0.2) is 16.3 Å². The Morgan fingerprint density at radius 3 is 2.06 bits per heavy atom. The van der Waals surface area contributed by atoms with Crippen LogP contribution in [0.4, 0.5) is 5.69 Å². The average Bonchev–Trinajstić information content (AvgIpc) is 3.44. The minimum atomic E-state index is -0.223. The van der Waals surface area contributed by atoms with Crippen molar-refractivity contribution in [3.05, 3.63) is 112 Å². The topological polar surface area (TPSA) is 45.5 Å². The lowest BCUT2D eigenvalue weighted by Gasteiger charge is -2.27. The van der Waals surface area contributed by atoms with Crippen LogP contribution in [-0.2, 0) is 16.2 Å². The van der Waals surface area contributed by atoms with E-state index >= 15 is 0 Å². The molecule has 3 nitrogen and oxygen atoms in total. The van der Waals surface area contributed by atoms with Gasteiger partial charge in [-0.25, -0.2) is 4.98 Å². The number of hydrogen-bond donors (Lipinski definition) is 1. The number of phenolic OH excluding ortho intramolecular Hbond substituents is 1. The summed E-state index contributed by atoms with van der Waals surface area (Å²) >= 11 is 1.72. The standard InChI is InChI=1S/C44H48N2OS/c1-26-16-17-27(2)34(20-26)35-22-31(43(6,7)8)24-37-39(35)46-41(48-37)33-19-18-28-14-12-13-15-32(28)38(33)45-25-29-21-30(42(3,4)5)23-36(40(29)47)44(9,10)11/h12-25,47H,1-11H3. The predicted octanol–water partition coefficient (Wildman–Crippen LogP) is 12.7. The summed E-state index contributed by atoms with van der Waals surface area (Å²) in [4.78, 5) is 10.6. The number of thiazole rings is 1. The molecular weight excluding hydrogens is 605 g/mol. The summed E-state index contributed by atoms with van der Waals surface area (Å²) in [5.74, 6) is 0.286. The molecule has 5 aromatic carbocycles. The first-order chi connectivity index (χ1) is 22.4. The molecule has 0 bridgehead atoms. The molecule has 0 saturated heterocycles. The Balaban J connectivity index is 1.60. The zero-order chi connectivity index (χ0) is 34.8. The Bertz CT molecular complexity index is 2210.